The number of halogens is 4. The normalized spacial score (nSPS) is 14.3. The van der Waals surface area contributed by atoms with Crippen LogP contribution in [-0.4, -0.2) is 84.2 Å². The molecule has 0 aliphatic carbocycles. The molecule has 3 aromatic rings. The van der Waals surface area contributed by atoms with Crippen molar-refractivity contribution in [1.29, 1.82) is 0 Å². The largest absolute Gasteiger partial charge is 0.339 e. The first-order valence-corrected chi connectivity index (χ1v) is 21.0. The zero-order valence-electron chi connectivity index (χ0n) is 31.1. The molecule has 0 spiro atoms. The summed E-state index contributed by atoms with van der Waals surface area (Å²) in [5.41, 5.74) is 8.13. The molecular formula is C42H54Br2Cl2N4O2. The number of likely N-dealkylation sites (tertiary alicyclic amines) is 1. The van der Waals surface area contributed by atoms with Crippen LogP contribution in [0.5, 0.6) is 0 Å². The topological polar surface area (TPSA) is 55.9 Å². The molecule has 0 saturated carbocycles. The van der Waals surface area contributed by atoms with E-state index < -0.39 is 0 Å². The third-order valence-corrected chi connectivity index (χ3v) is 11.4. The number of amides is 2. The molecule has 2 amide bonds. The Kier molecular flexibility index (Phi) is 20.3. The second-order valence-electron chi connectivity index (χ2n) is 12.6. The molecule has 2 saturated heterocycles. The quantitative estimate of drug-likeness (QED) is 0.206. The minimum atomic E-state index is 0.106. The summed E-state index contributed by atoms with van der Waals surface area (Å²) in [5.74, 6) is 0.215. The van der Waals surface area contributed by atoms with Crippen LogP contribution >= 0.6 is 55.1 Å². The summed E-state index contributed by atoms with van der Waals surface area (Å²) in [6.07, 6.45) is 4.32. The predicted molar refractivity (Wildman–Crippen MR) is 229 cm³/mol. The van der Waals surface area contributed by atoms with Gasteiger partial charge in [0.1, 0.15) is 0 Å². The Labute approximate surface area is 338 Å². The fourth-order valence-corrected chi connectivity index (χ4v) is 7.63. The first-order chi connectivity index (χ1) is 25.2. The van der Waals surface area contributed by atoms with Crippen molar-refractivity contribution in [2.24, 2.45) is 0 Å². The minimum absolute atomic E-state index is 0.106. The Morgan fingerprint density at radius 1 is 0.615 bits per heavy atom. The number of carbonyl (C=O) groups is 2. The SMILES string of the molecule is CCN(CC)C(=O)c1ccc(C(Br)=C2CCN(Cc3ccccc3)CC2)cc1.CCN(CC)C(=O)c1ccc(C(Br)=C2CCNCC2)cc1.ClCCl. The lowest BCUT2D eigenvalue weighted by Crippen LogP contribution is -2.30. The van der Waals surface area contributed by atoms with Gasteiger partial charge < -0.3 is 15.1 Å². The Bertz CT molecular complexity index is 1570. The summed E-state index contributed by atoms with van der Waals surface area (Å²) in [4.78, 5) is 31.0. The number of hydrogen-bond donors (Lipinski definition) is 1. The molecule has 0 bridgehead atoms. The first-order valence-electron chi connectivity index (χ1n) is 18.3. The Hall–Kier alpha value is -2.46. The van der Waals surface area contributed by atoms with Crippen LogP contribution in [0.3, 0.4) is 0 Å². The fraction of sp³-hybridized carbons (Fsp3) is 0.429. The van der Waals surface area contributed by atoms with Gasteiger partial charge in [0, 0.05) is 65.9 Å². The molecule has 1 N–H and O–H groups in total. The van der Waals surface area contributed by atoms with E-state index >= 15 is 0 Å². The van der Waals surface area contributed by atoms with Crippen LogP contribution in [0.1, 0.15) is 90.8 Å². The molecule has 0 aromatic heterocycles. The van der Waals surface area contributed by atoms with E-state index in [0.29, 0.717) is 0 Å². The molecule has 6 nitrogen and oxygen atoms in total. The van der Waals surface area contributed by atoms with Crippen LogP contribution in [0.4, 0.5) is 0 Å². The van der Waals surface area contributed by atoms with Crippen molar-refractivity contribution >= 4 is 75.8 Å². The monoisotopic (exact) mass is 874 g/mol. The summed E-state index contributed by atoms with van der Waals surface area (Å²) in [6.45, 7) is 16.3. The molecule has 0 unspecified atom stereocenters. The Morgan fingerprint density at radius 2 is 0.981 bits per heavy atom. The molecule has 3 aromatic carbocycles. The van der Waals surface area contributed by atoms with Crippen LogP contribution in [0.15, 0.2) is 90.0 Å². The summed E-state index contributed by atoms with van der Waals surface area (Å²) in [5, 5.41) is 3.56. The summed E-state index contributed by atoms with van der Waals surface area (Å²) in [6, 6.07) is 26.6. The minimum Gasteiger partial charge on any atom is -0.339 e. The van der Waals surface area contributed by atoms with Gasteiger partial charge in [-0.1, -0.05) is 97.6 Å². The highest BCUT2D eigenvalue weighted by Gasteiger charge is 2.18. The number of hydrogen-bond acceptors (Lipinski definition) is 4. The van der Waals surface area contributed by atoms with Crippen LogP contribution in [0.25, 0.3) is 8.96 Å². The third kappa shape index (κ3) is 13.4. The zero-order valence-corrected chi connectivity index (χ0v) is 35.8. The van der Waals surface area contributed by atoms with Gasteiger partial charge in [0.25, 0.3) is 11.8 Å². The van der Waals surface area contributed by atoms with Gasteiger partial charge in [-0.25, -0.2) is 0 Å². The molecule has 0 atom stereocenters. The second-order valence-corrected chi connectivity index (χ2v) is 15.0. The van der Waals surface area contributed by atoms with Crippen molar-refractivity contribution in [1.82, 2.24) is 20.0 Å². The lowest BCUT2D eigenvalue weighted by molar-refractivity contribution is 0.0765. The molecule has 2 aliphatic rings. The molecule has 0 radical (unpaired) electrons. The summed E-state index contributed by atoms with van der Waals surface area (Å²) >= 11 is 17.1. The highest BCUT2D eigenvalue weighted by atomic mass is 79.9. The van der Waals surface area contributed by atoms with E-state index in [0.717, 1.165) is 107 Å². The Balaban J connectivity index is 0.000000270. The van der Waals surface area contributed by atoms with E-state index in [1.807, 2.05) is 73.9 Å². The van der Waals surface area contributed by atoms with Crippen molar-refractivity contribution in [3.05, 3.63) is 118 Å². The average molecular weight is 878 g/mol. The van der Waals surface area contributed by atoms with Gasteiger partial charge in [-0.05, 0) is 107 Å². The van der Waals surface area contributed by atoms with Crippen molar-refractivity contribution in [2.75, 3.05) is 57.7 Å². The number of carbonyl (C=O) groups excluding carboxylic acids is 2. The molecular weight excluding hydrogens is 823 g/mol. The molecule has 2 aliphatic heterocycles. The molecule has 2 fully saturated rings. The van der Waals surface area contributed by atoms with E-state index in [2.05, 4.69) is 84.5 Å². The maximum absolute atomic E-state index is 12.5. The first kappa shape index (κ1) is 43.9. The zero-order chi connectivity index (χ0) is 37.9. The summed E-state index contributed by atoms with van der Waals surface area (Å²) < 4.78 is 2.37. The maximum Gasteiger partial charge on any atom is 0.253 e. The van der Waals surface area contributed by atoms with E-state index in [9.17, 15) is 9.59 Å². The number of rotatable bonds is 10. The summed E-state index contributed by atoms with van der Waals surface area (Å²) in [7, 11) is 0. The average Bonchev–Trinajstić information content (AvgIpc) is 3.20. The van der Waals surface area contributed by atoms with Crippen LogP contribution in [-0.2, 0) is 6.54 Å². The van der Waals surface area contributed by atoms with E-state index in [1.54, 1.807) is 0 Å². The highest BCUT2D eigenvalue weighted by molar-refractivity contribution is 9.15. The van der Waals surface area contributed by atoms with Gasteiger partial charge >= 0.3 is 0 Å². The lowest BCUT2D eigenvalue weighted by Gasteiger charge is -2.29. The fourth-order valence-electron chi connectivity index (χ4n) is 6.30. The number of piperidine rings is 2. The van der Waals surface area contributed by atoms with Crippen LogP contribution in [0.2, 0.25) is 0 Å². The smallest absolute Gasteiger partial charge is 0.253 e. The molecule has 52 heavy (non-hydrogen) atoms. The molecule has 10 heteroatoms. The van der Waals surface area contributed by atoms with Gasteiger partial charge in [0.2, 0.25) is 0 Å². The van der Waals surface area contributed by atoms with Crippen LogP contribution in [0, 0.1) is 0 Å². The highest BCUT2D eigenvalue weighted by Crippen LogP contribution is 2.32. The lowest BCUT2D eigenvalue weighted by atomic mass is 9.99. The van der Waals surface area contributed by atoms with E-state index in [1.165, 1.54) is 25.7 Å². The van der Waals surface area contributed by atoms with Crippen molar-refractivity contribution in [3.8, 4) is 0 Å². The van der Waals surface area contributed by atoms with Crippen molar-refractivity contribution in [2.45, 2.75) is 59.9 Å². The molecule has 2 heterocycles. The van der Waals surface area contributed by atoms with Gasteiger partial charge in [-0.15, -0.1) is 23.2 Å². The molecule has 5 rings (SSSR count). The van der Waals surface area contributed by atoms with Gasteiger partial charge in [0.05, 0.1) is 5.34 Å². The predicted octanol–water partition coefficient (Wildman–Crippen LogP) is 10.7. The standard InChI is InChI=1S/C24H29BrN2O.C17H23BrN2O.CH2Cl2/c1-3-27(4-2)24(28)22-12-10-20(11-13-22)23(25)21-14-16-26(17-15-21)18-19-8-6-5-7-9-19;1-3-20(4-2)17(21)15-7-5-13(6-8-15)16(18)14-9-11-19-12-10-14;2-1-3/h5-13H,3-4,14-18H2,1-2H3;5-8,19H,3-4,9-12H2,1-2H3;1H2. The molecule has 282 valence electrons. The van der Waals surface area contributed by atoms with Gasteiger partial charge in [-0.3, -0.25) is 14.5 Å². The number of nitrogens with one attached hydrogen (secondary N) is 1. The maximum atomic E-state index is 12.5. The second kappa shape index (κ2) is 24.0. The van der Waals surface area contributed by atoms with E-state index in [-0.39, 0.29) is 17.2 Å². The Morgan fingerprint density at radius 3 is 1.37 bits per heavy atom. The third-order valence-electron chi connectivity index (χ3n) is 9.41. The van der Waals surface area contributed by atoms with Crippen LogP contribution < -0.4 is 5.32 Å². The number of nitrogens with zero attached hydrogens (tertiary/aromatic N) is 3. The van der Waals surface area contributed by atoms with Gasteiger partial charge in [-0.2, -0.15) is 0 Å². The van der Waals surface area contributed by atoms with Crippen molar-refractivity contribution in [3.63, 3.8) is 0 Å². The number of benzene rings is 3. The van der Waals surface area contributed by atoms with Gasteiger partial charge in [0.15, 0.2) is 0 Å². The van der Waals surface area contributed by atoms with E-state index in [4.69, 9.17) is 23.2 Å². The number of alkyl halides is 2. The van der Waals surface area contributed by atoms with Crippen molar-refractivity contribution < 1.29 is 9.59 Å².